The molecule has 0 spiro atoms. The van der Waals surface area contributed by atoms with Gasteiger partial charge in [-0.1, -0.05) is 23.2 Å². The molecule has 1 heterocycles. The van der Waals surface area contributed by atoms with Crippen molar-refractivity contribution < 1.29 is 4.74 Å². The van der Waals surface area contributed by atoms with Crippen molar-refractivity contribution in [1.82, 2.24) is 9.97 Å². The fourth-order valence-corrected chi connectivity index (χ4v) is 1.45. The van der Waals surface area contributed by atoms with Crippen LogP contribution in [0.25, 0.3) is 0 Å². The first-order valence-electron chi connectivity index (χ1n) is 4.10. The van der Waals surface area contributed by atoms with Crippen LogP contribution in [0.1, 0.15) is 12.7 Å². The summed E-state index contributed by atoms with van der Waals surface area (Å²) in [7, 11) is 0. The van der Waals surface area contributed by atoms with Gasteiger partial charge in [0, 0.05) is 13.0 Å². The first kappa shape index (κ1) is 12.2. The normalized spacial score (nSPS) is 10.6. The highest BCUT2D eigenvalue weighted by molar-refractivity contribution is 9.10. The number of nitrogens with zero attached hydrogens (tertiary/aromatic N) is 2. The molecule has 0 amide bonds. The number of rotatable bonds is 4. The minimum atomic E-state index is 0.330. The molecule has 0 unspecified atom stereocenters. The molecule has 78 valence electrons. The molecule has 14 heavy (non-hydrogen) atoms. The Hall–Kier alpha value is 0.1000. The van der Waals surface area contributed by atoms with Crippen LogP contribution in [-0.2, 0) is 11.2 Å². The SMILES string of the molecule is CCOCCc1nc(Cl)c(Br)c(Cl)n1. The topological polar surface area (TPSA) is 35.0 Å². The summed E-state index contributed by atoms with van der Waals surface area (Å²) in [5.41, 5.74) is 0. The maximum atomic E-state index is 5.81. The molecular weight excluding hydrogens is 291 g/mol. The number of aromatic nitrogens is 2. The average Bonchev–Trinajstić information content (AvgIpc) is 2.14. The zero-order valence-electron chi connectivity index (χ0n) is 7.56. The number of hydrogen-bond donors (Lipinski definition) is 0. The minimum absolute atomic E-state index is 0.330. The molecule has 1 aromatic heterocycles. The van der Waals surface area contributed by atoms with Gasteiger partial charge in [-0.3, -0.25) is 0 Å². The van der Waals surface area contributed by atoms with E-state index < -0.39 is 0 Å². The molecular formula is C8H9BrCl2N2O. The molecule has 0 aliphatic carbocycles. The van der Waals surface area contributed by atoms with Crippen molar-refractivity contribution in [2.24, 2.45) is 0 Å². The number of hydrogen-bond acceptors (Lipinski definition) is 3. The molecule has 0 aliphatic heterocycles. The van der Waals surface area contributed by atoms with Crippen molar-refractivity contribution in [3.63, 3.8) is 0 Å². The molecule has 0 aromatic carbocycles. The van der Waals surface area contributed by atoms with Crippen LogP contribution in [0.15, 0.2) is 4.47 Å². The third-order valence-corrected chi connectivity index (χ3v) is 3.25. The Morgan fingerprint density at radius 1 is 1.29 bits per heavy atom. The van der Waals surface area contributed by atoms with Crippen molar-refractivity contribution in [3.8, 4) is 0 Å². The lowest BCUT2D eigenvalue weighted by molar-refractivity contribution is 0.149. The van der Waals surface area contributed by atoms with Crippen molar-refractivity contribution in [1.29, 1.82) is 0 Å². The summed E-state index contributed by atoms with van der Waals surface area (Å²) >= 11 is 14.8. The van der Waals surface area contributed by atoms with E-state index in [2.05, 4.69) is 25.9 Å². The minimum Gasteiger partial charge on any atom is -0.381 e. The van der Waals surface area contributed by atoms with Crippen LogP contribution in [0, 0.1) is 0 Å². The highest BCUT2D eigenvalue weighted by atomic mass is 79.9. The first-order valence-corrected chi connectivity index (χ1v) is 5.65. The van der Waals surface area contributed by atoms with Gasteiger partial charge < -0.3 is 4.74 Å². The van der Waals surface area contributed by atoms with Gasteiger partial charge in [-0.2, -0.15) is 0 Å². The summed E-state index contributed by atoms with van der Waals surface area (Å²) in [5.74, 6) is 0.594. The fraction of sp³-hybridized carbons (Fsp3) is 0.500. The smallest absolute Gasteiger partial charge is 0.148 e. The van der Waals surface area contributed by atoms with E-state index >= 15 is 0 Å². The van der Waals surface area contributed by atoms with Crippen LogP contribution in [0.5, 0.6) is 0 Å². The second-order valence-electron chi connectivity index (χ2n) is 2.48. The highest BCUT2D eigenvalue weighted by Crippen LogP contribution is 2.26. The molecule has 0 atom stereocenters. The van der Waals surface area contributed by atoms with Crippen LogP contribution in [0.3, 0.4) is 0 Å². The summed E-state index contributed by atoms with van der Waals surface area (Å²) in [6.45, 7) is 3.19. The zero-order chi connectivity index (χ0) is 10.6. The van der Waals surface area contributed by atoms with Crippen molar-refractivity contribution in [2.45, 2.75) is 13.3 Å². The van der Waals surface area contributed by atoms with Crippen LogP contribution >= 0.6 is 39.1 Å². The molecule has 6 heteroatoms. The molecule has 0 fully saturated rings. The molecule has 0 saturated carbocycles. The third-order valence-electron chi connectivity index (χ3n) is 1.49. The number of halogens is 3. The van der Waals surface area contributed by atoms with Crippen molar-refractivity contribution in [2.75, 3.05) is 13.2 Å². The predicted molar refractivity (Wildman–Crippen MR) is 59.9 cm³/mol. The summed E-state index contributed by atoms with van der Waals surface area (Å²) < 4.78 is 5.70. The van der Waals surface area contributed by atoms with E-state index in [1.807, 2.05) is 6.92 Å². The van der Waals surface area contributed by atoms with Crippen molar-refractivity contribution >= 4 is 39.1 Å². The standard InChI is InChI=1S/C8H9BrCl2N2O/c1-2-14-4-3-5-12-7(10)6(9)8(11)13-5/h2-4H2,1H3. The Balaban J connectivity index is 2.69. The lowest BCUT2D eigenvalue weighted by atomic mass is 10.4. The van der Waals surface area contributed by atoms with Gasteiger partial charge in [-0.25, -0.2) is 9.97 Å². The van der Waals surface area contributed by atoms with Crippen LogP contribution < -0.4 is 0 Å². The van der Waals surface area contributed by atoms with Gasteiger partial charge >= 0.3 is 0 Å². The van der Waals surface area contributed by atoms with E-state index in [0.717, 1.165) is 0 Å². The van der Waals surface area contributed by atoms with Gasteiger partial charge in [0.15, 0.2) is 0 Å². The maximum Gasteiger partial charge on any atom is 0.148 e. The van der Waals surface area contributed by atoms with Gasteiger partial charge in [-0.15, -0.1) is 0 Å². The Morgan fingerprint density at radius 3 is 2.36 bits per heavy atom. The lowest BCUT2D eigenvalue weighted by Gasteiger charge is -2.03. The third kappa shape index (κ3) is 3.35. The molecule has 1 aromatic rings. The molecule has 3 nitrogen and oxygen atoms in total. The molecule has 0 aliphatic rings. The zero-order valence-corrected chi connectivity index (χ0v) is 10.7. The lowest BCUT2D eigenvalue weighted by Crippen LogP contribution is -2.03. The highest BCUT2D eigenvalue weighted by Gasteiger charge is 2.08. The number of ether oxygens (including phenoxy) is 1. The Bertz CT molecular complexity index is 299. The van der Waals surface area contributed by atoms with E-state index in [4.69, 9.17) is 27.9 Å². The Labute approximate surface area is 101 Å². The average molecular weight is 300 g/mol. The van der Waals surface area contributed by atoms with Crippen LogP contribution in [0.2, 0.25) is 10.3 Å². The van der Waals surface area contributed by atoms with Crippen LogP contribution in [-0.4, -0.2) is 23.2 Å². The van der Waals surface area contributed by atoms with Gasteiger partial charge in [-0.05, 0) is 22.9 Å². The monoisotopic (exact) mass is 298 g/mol. The maximum absolute atomic E-state index is 5.81. The van der Waals surface area contributed by atoms with Gasteiger partial charge in [0.1, 0.15) is 16.1 Å². The van der Waals surface area contributed by atoms with Gasteiger partial charge in [0.05, 0.1) is 11.1 Å². The first-order chi connectivity index (χ1) is 6.65. The summed E-state index contributed by atoms with van der Waals surface area (Å²) in [6, 6.07) is 0. The molecule has 0 radical (unpaired) electrons. The molecule has 0 saturated heterocycles. The van der Waals surface area contributed by atoms with E-state index in [0.29, 0.717) is 40.2 Å². The van der Waals surface area contributed by atoms with Crippen molar-refractivity contribution in [3.05, 3.63) is 20.6 Å². The van der Waals surface area contributed by atoms with Crippen LogP contribution in [0.4, 0.5) is 0 Å². The molecule has 0 N–H and O–H groups in total. The fourth-order valence-electron chi connectivity index (χ4n) is 0.854. The summed E-state index contributed by atoms with van der Waals surface area (Å²) in [5, 5.41) is 0.660. The Kier molecular flexibility index (Phi) is 5.09. The Morgan fingerprint density at radius 2 is 1.86 bits per heavy atom. The van der Waals surface area contributed by atoms with E-state index in [9.17, 15) is 0 Å². The molecule has 1 rings (SSSR count). The summed E-state index contributed by atoms with van der Waals surface area (Å²) in [4.78, 5) is 8.10. The largest absolute Gasteiger partial charge is 0.381 e. The van der Waals surface area contributed by atoms with Gasteiger partial charge in [0.25, 0.3) is 0 Å². The van der Waals surface area contributed by atoms with E-state index in [-0.39, 0.29) is 0 Å². The quantitative estimate of drug-likeness (QED) is 0.633. The van der Waals surface area contributed by atoms with E-state index in [1.165, 1.54) is 0 Å². The summed E-state index contributed by atoms with van der Waals surface area (Å²) in [6.07, 6.45) is 0.612. The van der Waals surface area contributed by atoms with Gasteiger partial charge in [0.2, 0.25) is 0 Å². The second kappa shape index (κ2) is 5.85. The predicted octanol–water partition coefficient (Wildman–Crippen LogP) is 3.12. The second-order valence-corrected chi connectivity index (χ2v) is 3.99. The molecule has 0 bridgehead atoms. The van der Waals surface area contributed by atoms with E-state index in [1.54, 1.807) is 0 Å².